The summed E-state index contributed by atoms with van der Waals surface area (Å²) in [6, 6.07) is 0. The van der Waals surface area contributed by atoms with Crippen LogP contribution < -0.4 is 0 Å². The molecule has 19 heteroatoms. The Labute approximate surface area is 588 Å². The summed E-state index contributed by atoms with van der Waals surface area (Å²) in [7, 11) is -9.91. The molecule has 0 aromatic rings. The molecule has 5 atom stereocenters. The van der Waals surface area contributed by atoms with Crippen molar-refractivity contribution in [1.82, 2.24) is 0 Å². The second-order valence-corrected chi connectivity index (χ2v) is 32.1. The van der Waals surface area contributed by atoms with Crippen LogP contribution in [0.4, 0.5) is 0 Å². The molecule has 0 aliphatic heterocycles. The lowest BCUT2D eigenvalue weighted by Crippen LogP contribution is -2.30. The Morgan fingerprint density at radius 2 is 0.479 bits per heavy atom. The maximum absolute atomic E-state index is 13.1. The van der Waals surface area contributed by atoms with E-state index in [1.54, 1.807) is 0 Å². The van der Waals surface area contributed by atoms with E-state index in [4.69, 9.17) is 37.0 Å². The maximum atomic E-state index is 13.1. The zero-order valence-electron chi connectivity index (χ0n) is 62.8. The van der Waals surface area contributed by atoms with E-state index in [2.05, 4.69) is 48.5 Å². The quantitative estimate of drug-likeness (QED) is 0.0222. The van der Waals surface area contributed by atoms with Crippen molar-refractivity contribution in [3.05, 3.63) is 0 Å². The SMILES string of the molecule is CCCCCCCCCCCCCCC(=O)O[C@H](COC(=O)CCCCCCCCC(C)C)COP(=O)(O)OC[C@H](O)COP(=O)(O)OC[C@@H](COC(=O)CCCCCCCCCCCCCCCCC(C)C)OC(=O)CCCCCCCCCCCCCCCCCC(C)C. The van der Waals surface area contributed by atoms with Crippen LogP contribution in [0.2, 0.25) is 0 Å². The minimum atomic E-state index is -4.96. The van der Waals surface area contributed by atoms with Crippen molar-refractivity contribution >= 4 is 39.5 Å². The van der Waals surface area contributed by atoms with Gasteiger partial charge in [0, 0.05) is 25.7 Å². The number of hydrogen-bond donors (Lipinski definition) is 3. The first-order valence-electron chi connectivity index (χ1n) is 39.8. The first kappa shape index (κ1) is 94.1. The highest BCUT2D eigenvalue weighted by Crippen LogP contribution is 2.45. The first-order valence-corrected chi connectivity index (χ1v) is 42.8. The van der Waals surface area contributed by atoms with Crippen molar-refractivity contribution in [3.8, 4) is 0 Å². The third kappa shape index (κ3) is 70.5. The second kappa shape index (κ2) is 67.5. The van der Waals surface area contributed by atoms with Crippen LogP contribution in [0.5, 0.6) is 0 Å². The van der Waals surface area contributed by atoms with Gasteiger partial charge >= 0.3 is 39.5 Å². The number of aliphatic hydroxyl groups is 1. The van der Waals surface area contributed by atoms with Crippen molar-refractivity contribution in [3.63, 3.8) is 0 Å². The summed E-state index contributed by atoms with van der Waals surface area (Å²) >= 11 is 0. The fourth-order valence-corrected chi connectivity index (χ4v) is 13.4. The Hall–Kier alpha value is -1.94. The topological polar surface area (TPSA) is 237 Å². The van der Waals surface area contributed by atoms with Crippen molar-refractivity contribution in [2.24, 2.45) is 17.8 Å². The van der Waals surface area contributed by atoms with Crippen molar-refractivity contribution in [2.75, 3.05) is 39.6 Å². The van der Waals surface area contributed by atoms with Gasteiger partial charge in [-0.3, -0.25) is 37.3 Å². The van der Waals surface area contributed by atoms with Crippen molar-refractivity contribution in [1.29, 1.82) is 0 Å². The molecule has 0 aliphatic carbocycles. The number of carbonyl (C=O) groups is 4. The Balaban J connectivity index is 5.23. The Morgan fingerprint density at radius 1 is 0.281 bits per heavy atom. The smallest absolute Gasteiger partial charge is 0.462 e. The van der Waals surface area contributed by atoms with Gasteiger partial charge < -0.3 is 33.8 Å². The third-order valence-corrected chi connectivity index (χ3v) is 19.8. The molecule has 2 unspecified atom stereocenters. The standard InChI is InChI=1S/C77H150O17P2/c1-8-9-10-11-12-13-14-26-32-37-46-53-60-76(81)94-73(65-88-75(80)59-52-45-40-39-43-50-57-70(6)7)67-92-96(85,86)90-63-71(78)62-89-95(83,84)91-66-72(64-87-74(79)58-51-44-36-31-27-22-19-18-21-25-30-35-42-49-56-69(4)5)93-77(82)61-54-47-38-33-28-23-17-15-16-20-24-29-34-41-48-55-68(2)3/h68-73,78H,8-67H2,1-7H3,(H,83,84)(H,85,86)/t71-,72-,73-/m1/s1. The van der Waals surface area contributed by atoms with Gasteiger partial charge in [-0.1, -0.05) is 344 Å². The summed E-state index contributed by atoms with van der Waals surface area (Å²) in [5.74, 6) is 0.164. The number of unbranched alkanes of at least 4 members (excludes halogenated alkanes) is 43. The van der Waals surface area contributed by atoms with Gasteiger partial charge in [0.25, 0.3) is 0 Å². The van der Waals surface area contributed by atoms with E-state index in [0.717, 1.165) is 108 Å². The molecule has 0 rings (SSSR count). The lowest BCUT2D eigenvalue weighted by Gasteiger charge is -2.21. The van der Waals surface area contributed by atoms with Gasteiger partial charge in [-0.25, -0.2) is 9.13 Å². The van der Waals surface area contributed by atoms with Crippen LogP contribution in [0, 0.1) is 17.8 Å². The van der Waals surface area contributed by atoms with Crippen LogP contribution in [0.1, 0.15) is 395 Å². The monoisotopic (exact) mass is 1410 g/mol. The minimum Gasteiger partial charge on any atom is -0.462 e. The van der Waals surface area contributed by atoms with Crippen LogP contribution in [0.15, 0.2) is 0 Å². The lowest BCUT2D eigenvalue weighted by atomic mass is 10.0. The van der Waals surface area contributed by atoms with Crippen LogP contribution in [-0.2, 0) is 65.4 Å². The highest BCUT2D eigenvalue weighted by Gasteiger charge is 2.30. The van der Waals surface area contributed by atoms with E-state index < -0.39 is 97.5 Å². The number of esters is 4. The highest BCUT2D eigenvalue weighted by molar-refractivity contribution is 7.47. The number of hydrogen-bond acceptors (Lipinski definition) is 15. The Bertz CT molecular complexity index is 1870. The molecule has 3 N–H and O–H groups in total. The van der Waals surface area contributed by atoms with Crippen LogP contribution >= 0.6 is 15.6 Å². The average Bonchev–Trinajstić information content (AvgIpc) is 1.41. The number of ether oxygens (including phenoxy) is 4. The van der Waals surface area contributed by atoms with Crippen molar-refractivity contribution < 1.29 is 80.2 Å². The predicted molar refractivity (Wildman–Crippen MR) is 391 cm³/mol. The largest absolute Gasteiger partial charge is 0.472 e. The number of rotatable bonds is 75. The molecule has 0 aromatic carbocycles. The molecule has 17 nitrogen and oxygen atoms in total. The molecule has 570 valence electrons. The molecule has 0 aromatic heterocycles. The molecule has 0 fully saturated rings. The fraction of sp³-hybridized carbons (Fsp3) is 0.948. The van der Waals surface area contributed by atoms with E-state index in [1.165, 1.54) is 199 Å². The average molecular weight is 1410 g/mol. The summed E-state index contributed by atoms with van der Waals surface area (Å²) in [5, 5.41) is 10.6. The second-order valence-electron chi connectivity index (χ2n) is 29.2. The molecular weight excluding hydrogens is 1260 g/mol. The lowest BCUT2D eigenvalue weighted by molar-refractivity contribution is -0.161. The van der Waals surface area contributed by atoms with Crippen molar-refractivity contribution in [2.45, 2.75) is 414 Å². The van der Waals surface area contributed by atoms with E-state index in [1.807, 2.05) is 0 Å². The van der Waals surface area contributed by atoms with Gasteiger partial charge in [0.1, 0.15) is 19.3 Å². The maximum Gasteiger partial charge on any atom is 0.472 e. The number of aliphatic hydroxyl groups excluding tert-OH is 1. The summed E-state index contributed by atoms with van der Waals surface area (Å²) in [4.78, 5) is 72.8. The van der Waals surface area contributed by atoms with Gasteiger partial charge in [0.05, 0.1) is 26.4 Å². The predicted octanol–water partition coefficient (Wildman–Crippen LogP) is 22.6. The van der Waals surface area contributed by atoms with Gasteiger partial charge in [0.2, 0.25) is 0 Å². The van der Waals surface area contributed by atoms with E-state index in [9.17, 15) is 43.2 Å². The van der Waals surface area contributed by atoms with Gasteiger partial charge in [0.15, 0.2) is 12.2 Å². The molecule has 0 saturated carbocycles. The number of phosphoric ester groups is 2. The van der Waals surface area contributed by atoms with Crippen LogP contribution in [0.25, 0.3) is 0 Å². The summed E-state index contributed by atoms with van der Waals surface area (Å²) in [5.41, 5.74) is 0. The summed E-state index contributed by atoms with van der Waals surface area (Å²) in [6.45, 7) is 11.9. The molecule has 0 saturated heterocycles. The Morgan fingerprint density at radius 3 is 0.708 bits per heavy atom. The molecule has 0 aliphatic rings. The molecule has 0 bridgehead atoms. The molecule has 0 spiro atoms. The molecule has 0 heterocycles. The summed E-state index contributed by atoms with van der Waals surface area (Å²) in [6.07, 6.45) is 54.2. The zero-order chi connectivity index (χ0) is 70.9. The van der Waals surface area contributed by atoms with Crippen LogP contribution in [0.3, 0.4) is 0 Å². The van der Waals surface area contributed by atoms with Gasteiger partial charge in [-0.15, -0.1) is 0 Å². The van der Waals surface area contributed by atoms with Gasteiger partial charge in [-0.2, -0.15) is 0 Å². The van der Waals surface area contributed by atoms with Crippen LogP contribution in [-0.4, -0.2) is 96.7 Å². The molecule has 0 radical (unpaired) electrons. The van der Waals surface area contributed by atoms with E-state index in [0.29, 0.717) is 31.6 Å². The summed E-state index contributed by atoms with van der Waals surface area (Å²) < 4.78 is 68.5. The molecule has 96 heavy (non-hydrogen) atoms. The van der Waals surface area contributed by atoms with Gasteiger partial charge in [-0.05, 0) is 43.4 Å². The third-order valence-electron chi connectivity index (χ3n) is 17.9. The molecular formula is C77H150O17P2. The number of phosphoric acid groups is 2. The zero-order valence-corrected chi connectivity index (χ0v) is 64.6. The van der Waals surface area contributed by atoms with E-state index in [-0.39, 0.29) is 25.7 Å². The first-order chi connectivity index (χ1) is 46.2. The van der Waals surface area contributed by atoms with E-state index >= 15 is 0 Å². The minimum absolute atomic E-state index is 0.106. The fourth-order valence-electron chi connectivity index (χ4n) is 11.8. The molecule has 0 amide bonds. The number of carbonyl (C=O) groups excluding carboxylic acids is 4. The highest BCUT2D eigenvalue weighted by atomic mass is 31.2. The Kier molecular flexibility index (Phi) is 66.2. The normalized spacial score (nSPS) is 14.1.